The van der Waals surface area contributed by atoms with E-state index in [2.05, 4.69) is 5.32 Å². The topological polar surface area (TPSA) is 117 Å². The minimum atomic E-state index is -3.62. The van der Waals surface area contributed by atoms with Crippen LogP contribution in [-0.2, 0) is 24.2 Å². The van der Waals surface area contributed by atoms with Crippen LogP contribution in [0.3, 0.4) is 0 Å². The lowest BCUT2D eigenvalue weighted by Crippen LogP contribution is -2.58. The Bertz CT molecular complexity index is 1400. The van der Waals surface area contributed by atoms with Gasteiger partial charge in [0.1, 0.15) is 18.8 Å². The molecule has 2 amide bonds. The molecule has 0 bridgehead atoms. The lowest BCUT2D eigenvalue weighted by atomic mass is 9.89. The lowest BCUT2D eigenvalue weighted by molar-refractivity contribution is -0.181. The summed E-state index contributed by atoms with van der Waals surface area (Å²) in [7, 11) is -3.62. The molecule has 2 fully saturated rings. The van der Waals surface area contributed by atoms with Crippen molar-refractivity contribution in [1.29, 1.82) is 5.26 Å². The number of hydrogen-bond donors (Lipinski definition) is 1. The monoisotopic (exact) mass is 605 g/mol. The molecule has 4 rings (SSSR count). The number of nitrogens with zero attached hydrogens (tertiary/aromatic N) is 2. The standard InChI is InChI=1S/C29H33Cl2N3O5S/c1-29(2,3)40(37,38)17-23(18-7-8-18)34-26(19-9-11-21(30)12-10-19)27(20-5-4-6-22(31)15-20)39-24(28(34)36)16-25(35)33-14-13-32/h4-6,9-12,15,18,23-24,26-27H,7-8,14,16-17H2,1-3H3,(H,33,35). The minimum absolute atomic E-state index is 0.0120. The molecule has 214 valence electrons. The third-order valence-electron chi connectivity index (χ3n) is 7.40. The largest absolute Gasteiger partial charge is 0.357 e. The molecule has 11 heteroatoms. The van der Waals surface area contributed by atoms with Gasteiger partial charge in [-0.1, -0.05) is 47.5 Å². The molecule has 1 heterocycles. The van der Waals surface area contributed by atoms with Crippen molar-refractivity contribution in [3.63, 3.8) is 0 Å². The van der Waals surface area contributed by atoms with Crippen LogP contribution in [0.2, 0.25) is 10.0 Å². The fraction of sp³-hybridized carbons (Fsp3) is 0.483. The Morgan fingerprint density at radius 1 is 1.12 bits per heavy atom. The van der Waals surface area contributed by atoms with Crippen LogP contribution >= 0.6 is 23.2 Å². The smallest absolute Gasteiger partial charge is 0.253 e. The van der Waals surface area contributed by atoms with Crippen molar-refractivity contribution in [1.82, 2.24) is 10.2 Å². The Kier molecular flexibility index (Phi) is 9.15. The van der Waals surface area contributed by atoms with Gasteiger partial charge in [0.05, 0.1) is 29.0 Å². The number of sulfone groups is 1. The van der Waals surface area contributed by atoms with Crippen LogP contribution in [0, 0.1) is 17.2 Å². The molecule has 0 aromatic heterocycles. The summed E-state index contributed by atoms with van der Waals surface area (Å²) in [6.07, 6.45) is -0.686. The first-order chi connectivity index (χ1) is 18.8. The zero-order valence-corrected chi connectivity index (χ0v) is 25.0. The van der Waals surface area contributed by atoms with E-state index >= 15 is 0 Å². The van der Waals surface area contributed by atoms with Gasteiger partial charge in [0, 0.05) is 16.1 Å². The van der Waals surface area contributed by atoms with Gasteiger partial charge in [-0.3, -0.25) is 9.59 Å². The third kappa shape index (κ3) is 6.80. The van der Waals surface area contributed by atoms with Gasteiger partial charge in [-0.15, -0.1) is 0 Å². The average molecular weight is 607 g/mol. The van der Waals surface area contributed by atoms with Gasteiger partial charge in [-0.05, 0) is 74.9 Å². The molecular formula is C29H33Cl2N3O5S. The van der Waals surface area contributed by atoms with Crippen LogP contribution in [0.5, 0.6) is 0 Å². The van der Waals surface area contributed by atoms with E-state index in [1.165, 1.54) is 0 Å². The predicted molar refractivity (Wildman–Crippen MR) is 153 cm³/mol. The van der Waals surface area contributed by atoms with Crippen LogP contribution in [0.25, 0.3) is 0 Å². The fourth-order valence-corrected chi connectivity index (χ4v) is 6.69. The van der Waals surface area contributed by atoms with Gasteiger partial charge in [-0.25, -0.2) is 8.42 Å². The van der Waals surface area contributed by atoms with Gasteiger partial charge >= 0.3 is 0 Å². The van der Waals surface area contributed by atoms with Crippen molar-refractivity contribution in [2.24, 2.45) is 5.92 Å². The summed E-state index contributed by atoms with van der Waals surface area (Å²) in [5.74, 6) is -1.21. The van der Waals surface area contributed by atoms with Crippen LogP contribution in [-0.4, -0.2) is 54.3 Å². The third-order valence-corrected chi connectivity index (χ3v) is 10.5. The summed E-state index contributed by atoms with van der Waals surface area (Å²) in [6, 6.07) is 14.6. The Labute approximate surface area is 245 Å². The van der Waals surface area contributed by atoms with Crippen molar-refractivity contribution in [2.45, 2.75) is 69.1 Å². The normalized spacial score (nSPS) is 22.4. The van der Waals surface area contributed by atoms with Crippen molar-refractivity contribution < 1.29 is 22.7 Å². The van der Waals surface area contributed by atoms with E-state index in [4.69, 9.17) is 33.2 Å². The summed E-state index contributed by atoms with van der Waals surface area (Å²) < 4.78 is 32.4. The number of amides is 2. The number of nitriles is 1. The van der Waals surface area contributed by atoms with Crippen molar-refractivity contribution in [3.05, 3.63) is 69.7 Å². The number of carbonyl (C=O) groups excluding carboxylic acids is 2. The van der Waals surface area contributed by atoms with Crippen molar-refractivity contribution in [3.8, 4) is 6.07 Å². The van der Waals surface area contributed by atoms with Gasteiger partial charge in [-0.2, -0.15) is 5.26 Å². The van der Waals surface area contributed by atoms with E-state index in [-0.39, 0.29) is 24.6 Å². The van der Waals surface area contributed by atoms with E-state index in [1.54, 1.807) is 68.1 Å². The van der Waals surface area contributed by atoms with Crippen LogP contribution in [0.15, 0.2) is 48.5 Å². The predicted octanol–water partition coefficient (Wildman–Crippen LogP) is 5.02. The van der Waals surface area contributed by atoms with Gasteiger partial charge < -0.3 is 15.0 Å². The number of hydrogen-bond acceptors (Lipinski definition) is 6. The molecule has 40 heavy (non-hydrogen) atoms. The quantitative estimate of drug-likeness (QED) is 0.401. The highest BCUT2D eigenvalue weighted by Crippen LogP contribution is 2.48. The van der Waals surface area contributed by atoms with E-state index in [0.717, 1.165) is 12.8 Å². The molecule has 0 radical (unpaired) electrons. The number of nitrogens with one attached hydrogen (secondary N) is 1. The van der Waals surface area contributed by atoms with E-state index < -0.39 is 50.7 Å². The lowest BCUT2D eigenvalue weighted by Gasteiger charge is -2.48. The Morgan fingerprint density at radius 3 is 2.38 bits per heavy atom. The second kappa shape index (κ2) is 12.1. The first kappa shape index (κ1) is 30.3. The van der Waals surface area contributed by atoms with Gasteiger partial charge in [0.25, 0.3) is 5.91 Å². The zero-order valence-electron chi connectivity index (χ0n) is 22.6. The van der Waals surface area contributed by atoms with Crippen molar-refractivity contribution in [2.75, 3.05) is 12.3 Å². The molecule has 1 N–H and O–H groups in total. The molecular weight excluding hydrogens is 573 g/mol. The van der Waals surface area contributed by atoms with E-state index in [0.29, 0.717) is 21.2 Å². The minimum Gasteiger partial charge on any atom is -0.357 e. The summed E-state index contributed by atoms with van der Waals surface area (Å²) in [5.41, 5.74) is 1.40. The highest BCUT2D eigenvalue weighted by Gasteiger charge is 2.52. The summed E-state index contributed by atoms with van der Waals surface area (Å²) in [5, 5.41) is 12.3. The van der Waals surface area contributed by atoms with Gasteiger partial charge in [0.15, 0.2) is 9.84 Å². The van der Waals surface area contributed by atoms with Crippen LogP contribution < -0.4 is 5.32 Å². The number of carbonyl (C=O) groups is 2. The van der Waals surface area contributed by atoms with Gasteiger partial charge in [0.2, 0.25) is 5.91 Å². The molecule has 2 aromatic carbocycles. The second-order valence-electron chi connectivity index (χ2n) is 11.3. The number of halogens is 2. The summed E-state index contributed by atoms with van der Waals surface area (Å²) in [4.78, 5) is 28.5. The molecule has 2 aliphatic rings. The molecule has 8 nitrogen and oxygen atoms in total. The number of benzene rings is 2. The number of ether oxygens (including phenoxy) is 1. The Balaban J connectivity index is 1.86. The highest BCUT2D eigenvalue weighted by atomic mass is 35.5. The fourth-order valence-electron chi connectivity index (χ4n) is 4.98. The Hall–Kier alpha value is -2.64. The average Bonchev–Trinajstić information content (AvgIpc) is 3.73. The molecule has 2 aromatic rings. The number of rotatable bonds is 9. The molecule has 1 aliphatic heterocycles. The molecule has 0 spiro atoms. The zero-order chi connectivity index (χ0) is 29.2. The van der Waals surface area contributed by atoms with E-state index in [1.807, 2.05) is 12.1 Å². The molecule has 1 saturated carbocycles. The highest BCUT2D eigenvalue weighted by molar-refractivity contribution is 7.92. The second-order valence-corrected chi connectivity index (χ2v) is 14.9. The Morgan fingerprint density at radius 2 is 1.80 bits per heavy atom. The molecule has 1 saturated heterocycles. The first-order valence-corrected chi connectivity index (χ1v) is 15.6. The first-order valence-electron chi connectivity index (χ1n) is 13.2. The molecule has 4 atom stereocenters. The maximum absolute atomic E-state index is 14.2. The van der Waals surface area contributed by atoms with Crippen LogP contribution in [0.4, 0.5) is 0 Å². The van der Waals surface area contributed by atoms with Crippen molar-refractivity contribution >= 4 is 44.9 Å². The number of morpholine rings is 1. The molecule has 4 unspecified atom stereocenters. The summed E-state index contributed by atoms with van der Waals surface area (Å²) >= 11 is 12.6. The van der Waals surface area contributed by atoms with E-state index in [9.17, 15) is 18.0 Å². The van der Waals surface area contributed by atoms with Crippen LogP contribution in [0.1, 0.15) is 63.3 Å². The maximum atomic E-state index is 14.2. The molecule has 1 aliphatic carbocycles. The SMILES string of the molecule is CC(C)(C)S(=O)(=O)CC(C1CC1)N1C(=O)C(CC(=O)NCC#N)OC(c2cccc(Cl)c2)C1c1ccc(Cl)cc1. The summed E-state index contributed by atoms with van der Waals surface area (Å²) in [6.45, 7) is 4.76. The maximum Gasteiger partial charge on any atom is 0.253 e.